The Morgan fingerprint density at radius 1 is 1.21 bits per heavy atom. The number of carbonyl (C=O) groups excluding carboxylic acids is 1. The molecule has 0 N–H and O–H groups in total. The minimum absolute atomic E-state index is 0.396. The molecule has 1 aromatic carbocycles. The van der Waals surface area contributed by atoms with Crippen molar-refractivity contribution in [1.82, 2.24) is 4.98 Å². The largest absolute Gasteiger partial charge is 0.292 e. The molecule has 0 spiro atoms. The topological polar surface area (TPSA) is 64.1 Å². The third-order valence-corrected chi connectivity index (χ3v) is 5.44. The first-order chi connectivity index (χ1) is 8.75. The normalized spacial score (nSPS) is 12.6. The van der Waals surface area contributed by atoms with Gasteiger partial charge in [-0.25, -0.2) is 8.42 Å². The quantitative estimate of drug-likeness (QED) is 0.807. The van der Waals surface area contributed by atoms with E-state index in [2.05, 4.69) is 4.98 Å². The highest BCUT2D eigenvalue weighted by atomic mass is 32.2. The number of Topliss-reactive ketones (excluding diaryl/α,β-unsaturated/α-hetero) is 1. The Labute approximate surface area is 112 Å². The molecule has 19 heavy (non-hydrogen) atoms. The summed E-state index contributed by atoms with van der Waals surface area (Å²) in [6, 6.07) is 6.95. The fourth-order valence-electron chi connectivity index (χ4n) is 1.81. The van der Waals surface area contributed by atoms with Crippen molar-refractivity contribution >= 4 is 26.4 Å². The van der Waals surface area contributed by atoms with Gasteiger partial charge in [0.25, 0.3) is 0 Å². The van der Waals surface area contributed by atoms with Gasteiger partial charge in [-0.15, -0.1) is 0 Å². The number of ketones is 1. The van der Waals surface area contributed by atoms with Crippen molar-refractivity contribution in [1.29, 1.82) is 0 Å². The fraction of sp³-hybridized carbons (Fsp3) is 0.286. The molecule has 0 amide bonds. The SMILES string of the molecule is CC(C)(C(=O)c1cccc2cnccc12)S(C)(=O)=O. The Hall–Kier alpha value is -1.75. The summed E-state index contributed by atoms with van der Waals surface area (Å²) in [4.78, 5) is 16.5. The molecule has 0 saturated carbocycles. The van der Waals surface area contributed by atoms with Crippen LogP contribution in [0.15, 0.2) is 36.7 Å². The van der Waals surface area contributed by atoms with Gasteiger partial charge in [0.1, 0.15) is 4.75 Å². The van der Waals surface area contributed by atoms with Crippen molar-refractivity contribution in [2.75, 3.05) is 6.26 Å². The summed E-state index contributed by atoms with van der Waals surface area (Å²) in [5.41, 5.74) is 0.412. The number of rotatable bonds is 3. The summed E-state index contributed by atoms with van der Waals surface area (Å²) in [5, 5.41) is 1.54. The highest BCUT2D eigenvalue weighted by Crippen LogP contribution is 2.26. The van der Waals surface area contributed by atoms with Crippen LogP contribution in [0, 0.1) is 0 Å². The second-order valence-electron chi connectivity index (χ2n) is 5.01. The third kappa shape index (κ3) is 2.26. The van der Waals surface area contributed by atoms with Gasteiger partial charge >= 0.3 is 0 Å². The fourth-order valence-corrected chi connectivity index (χ4v) is 2.26. The molecular formula is C14H15NO3S. The van der Waals surface area contributed by atoms with Crippen molar-refractivity contribution < 1.29 is 13.2 Å². The van der Waals surface area contributed by atoms with Gasteiger partial charge in [-0.1, -0.05) is 18.2 Å². The lowest BCUT2D eigenvalue weighted by Crippen LogP contribution is -2.40. The Kier molecular flexibility index (Phi) is 3.18. The Bertz CT molecular complexity index is 743. The van der Waals surface area contributed by atoms with Crippen LogP contribution in [0.5, 0.6) is 0 Å². The van der Waals surface area contributed by atoms with Crippen LogP contribution in [0.25, 0.3) is 10.8 Å². The molecule has 1 heterocycles. The summed E-state index contributed by atoms with van der Waals surface area (Å²) in [5.74, 6) is -0.396. The second kappa shape index (κ2) is 4.42. The Morgan fingerprint density at radius 2 is 1.89 bits per heavy atom. The van der Waals surface area contributed by atoms with E-state index in [1.165, 1.54) is 13.8 Å². The van der Waals surface area contributed by atoms with Crippen molar-refractivity contribution in [2.45, 2.75) is 18.6 Å². The Balaban J connectivity index is 2.67. The van der Waals surface area contributed by atoms with Gasteiger partial charge in [0.15, 0.2) is 15.6 Å². The van der Waals surface area contributed by atoms with Crippen LogP contribution in [-0.2, 0) is 9.84 Å². The second-order valence-corrected chi connectivity index (χ2v) is 7.58. The van der Waals surface area contributed by atoms with E-state index in [4.69, 9.17) is 0 Å². The van der Waals surface area contributed by atoms with Gasteiger partial charge in [-0.2, -0.15) is 0 Å². The van der Waals surface area contributed by atoms with E-state index < -0.39 is 20.4 Å². The number of hydrogen-bond donors (Lipinski definition) is 0. The highest BCUT2D eigenvalue weighted by Gasteiger charge is 2.39. The maximum absolute atomic E-state index is 12.5. The number of fused-ring (bicyclic) bond motifs is 1. The molecule has 0 atom stereocenters. The van der Waals surface area contributed by atoms with Gasteiger partial charge < -0.3 is 0 Å². The first kappa shape index (κ1) is 13.7. The number of sulfone groups is 1. The number of benzene rings is 1. The lowest BCUT2D eigenvalue weighted by Gasteiger charge is -2.21. The van der Waals surface area contributed by atoms with Crippen LogP contribution in [0.3, 0.4) is 0 Å². The predicted molar refractivity (Wildman–Crippen MR) is 75.0 cm³/mol. The van der Waals surface area contributed by atoms with Crippen molar-refractivity contribution in [2.24, 2.45) is 0 Å². The first-order valence-electron chi connectivity index (χ1n) is 5.82. The molecule has 0 aliphatic rings. The molecule has 0 saturated heterocycles. The monoisotopic (exact) mass is 277 g/mol. The highest BCUT2D eigenvalue weighted by molar-refractivity contribution is 7.92. The van der Waals surface area contributed by atoms with E-state index in [1.807, 2.05) is 6.07 Å². The smallest absolute Gasteiger partial charge is 0.184 e. The number of pyridine rings is 1. The summed E-state index contributed by atoms with van der Waals surface area (Å²) >= 11 is 0. The molecule has 100 valence electrons. The lowest BCUT2D eigenvalue weighted by atomic mass is 9.96. The van der Waals surface area contributed by atoms with E-state index in [9.17, 15) is 13.2 Å². The van der Waals surface area contributed by atoms with Crippen LogP contribution in [0.4, 0.5) is 0 Å². The maximum Gasteiger partial charge on any atom is 0.184 e. The lowest BCUT2D eigenvalue weighted by molar-refractivity contribution is 0.0955. The zero-order valence-electron chi connectivity index (χ0n) is 11.0. The van der Waals surface area contributed by atoms with Crippen LogP contribution in [-0.4, -0.2) is 30.2 Å². The van der Waals surface area contributed by atoms with Crippen LogP contribution < -0.4 is 0 Å². The molecule has 0 unspecified atom stereocenters. The summed E-state index contributed by atoms with van der Waals surface area (Å²) in [7, 11) is -3.48. The van der Waals surface area contributed by atoms with Crippen molar-refractivity contribution in [3.05, 3.63) is 42.2 Å². The zero-order chi connectivity index (χ0) is 14.3. The van der Waals surface area contributed by atoms with Gasteiger partial charge in [0, 0.05) is 29.6 Å². The molecule has 2 rings (SSSR count). The van der Waals surface area contributed by atoms with E-state index in [1.54, 1.807) is 30.6 Å². The van der Waals surface area contributed by atoms with E-state index in [0.717, 1.165) is 17.0 Å². The standard InChI is InChI=1S/C14H15NO3S/c1-14(2,19(3,17)18)13(16)12-6-4-5-10-9-15-8-7-11(10)12/h4-9H,1-3H3. The maximum atomic E-state index is 12.5. The van der Waals surface area contributed by atoms with Crippen LogP contribution >= 0.6 is 0 Å². The van der Waals surface area contributed by atoms with Crippen LogP contribution in [0.2, 0.25) is 0 Å². The number of nitrogens with zero attached hydrogens (tertiary/aromatic N) is 1. The number of aromatic nitrogens is 1. The minimum Gasteiger partial charge on any atom is -0.292 e. The van der Waals surface area contributed by atoms with Crippen molar-refractivity contribution in [3.8, 4) is 0 Å². The van der Waals surface area contributed by atoms with Gasteiger partial charge in [0.05, 0.1) is 0 Å². The average molecular weight is 277 g/mol. The average Bonchev–Trinajstić information content (AvgIpc) is 2.36. The molecule has 0 aliphatic heterocycles. The molecule has 0 fully saturated rings. The number of carbonyl (C=O) groups is 1. The van der Waals surface area contributed by atoms with E-state index in [0.29, 0.717) is 5.56 Å². The van der Waals surface area contributed by atoms with Gasteiger partial charge in [-0.05, 0) is 25.3 Å². The molecule has 0 bridgehead atoms. The number of hydrogen-bond acceptors (Lipinski definition) is 4. The molecule has 0 radical (unpaired) electrons. The minimum atomic E-state index is -3.48. The van der Waals surface area contributed by atoms with E-state index in [-0.39, 0.29) is 0 Å². The Morgan fingerprint density at radius 3 is 2.53 bits per heavy atom. The summed E-state index contributed by atoms with van der Waals surface area (Å²) in [6.07, 6.45) is 4.32. The molecule has 0 aliphatic carbocycles. The predicted octanol–water partition coefficient (Wildman–Crippen LogP) is 2.24. The zero-order valence-corrected chi connectivity index (χ0v) is 11.9. The van der Waals surface area contributed by atoms with Gasteiger partial charge in [0.2, 0.25) is 0 Å². The van der Waals surface area contributed by atoms with Crippen molar-refractivity contribution in [3.63, 3.8) is 0 Å². The molecule has 4 nitrogen and oxygen atoms in total. The summed E-state index contributed by atoms with van der Waals surface area (Å²) in [6.45, 7) is 2.87. The molecule has 5 heteroatoms. The van der Waals surface area contributed by atoms with Gasteiger partial charge in [-0.3, -0.25) is 9.78 Å². The molecule has 2 aromatic rings. The third-order valence-electron chi connectivity index (χ3n) is 3.40. The van der Waals surface area contributed by atoms with E-state index >= 15 is 0 Å². The molecule has 1 aromatic heterocycles. The summed E-state index contributed by atoms with van der Waals surface area (Å²) < 4.78 is 22.1. The molecular weight excluding hydrogens is 262 g/mol. The van der Waals surface area contributed by atoms with Crippen LogP contribution in [0.1, 0.15) is 24.2 Å². The first-order valence-corrected chi connectivity index (χ1v) is 7.71.